The average Bonchev–Trinajstić information content (AvgIpc) is 2.70. The molecule has 0 aromatic heterocycles. The number of carbonyl (C=O) groups is 2. The summed E-state index contributed by atoms with van der Waals surface area (Å²) in [5, 5.41) is 0. The number of benzene rings is 2. The minimum atomic E-state index is 0.144. The van der Waals surface area contributed by atoms with E-state index in [4.69, 9.17) is 0 Å². The molecule has 26 heavy (non-hydrogen) atoms. The summed E-state index contributed by atoms with van der Waals surface area (Å²) in [6.45, 7) is 3.31. The van der Waals surface area contributed by atoms with E-state index >= 15 is 0 Å². The van der Waals surface area contributed by atoms with Crippen molar-refractivity contribution < 1.29 is 9.59 Å². The normalized spacial score (nSPS) is 14.9. The maximum absolute atomic E-state index is 12.5. The molecule has 0 atom stereocenters. The van der Waals surface area contributed by atoms with Crippen LogP contribution in [0.15, 0.2) is 60.7 Å². The minimum absolute atomic E-state index is 0.144. The summed E-state index contributed by atoms with van der Waals surface area (Å²) >= 11 is 0. The molecule has 2 aromatic rings. The lowest BCUT2D eigenvalue weighted by Gasteiger charge is -2.38. The largest absolute Gasteiger partial charge is 0.342 e. The predicted octanol–water partition coefficient (Wildman–Crippen LogP) is 3.66. The minimum Gasteiger partial charge on any atom is -0.342 e. The fraction of sp³-hybridized carbons (Fsp3) is 0.364. The number of nitrogens with zero attached hydrogens (tertiary/aromatic N) is 2. The lowest BCUT2D eigenvalue weighted by Crippen LogP contribution is -2.49. The first-order valence-electron chi connectivity index (χ1n) is 9.38. The Morgan fingerprint density at radius 2 is 1.54 bits per heavy atom. The summed E-state index contributed by atoms with van der Waals surface area (Å²) in [4.78, 5) is 28.9. The Kier molecular flexibility index (Phi) is 6.05. The molecule has 0 spiro atoms. The summed E-state index contributed by atoms with van der Waals surface area (Å²) in [7, 11) is 0. The van der Waals surface area contributed by atoms with Gasteiger partial charge in [-0.3, -0.25) is 9.59 Å². The number of para-hydroxylation sites is 1. The van der Waals surface area contributed by atoms with Crippen molar-refractivity contribution in [2.75, 3.05) is 18.0 Å². The molecule has 1 fully saturated rings. The highest BCUT2D eigenvalue weighted by Gasteiger charge is 2.29. The van der Waals surface area contributed by atoms with Gasteiger partial charge < -0.3 is 9.80 Å². The second kappa shape index (κ2) is 8.65. The highest BCUT2D eigenvalue weighted by atomic mass is 16.2. The molecule has 1 aliphatic heterocycles. The van der Waals surface area contributed by atoms with Gasteiger partial charge in [0.25, 0.3) is 0 Å². The van der Waals surface area contributed by atoms with Crippen molar-refractivity contribution in [1.29, 1.82) is 0 Å². The van der Waals surface area contributed by atoms with Crippen molar-refractivity contribution in [3.8, 4) is 0 Å². The molecule has 4 heteroatoms. The van der Waals surface area contributed by atoms with Gasteiger partial charge in [-0.1, -0.05) is 55.5 Å². The summed E-state index contributed by atoms with van der Waals surface area (Å²) in [5.74, 6) is 0.313. The lowest BCUT2D eigenvalue weighted by molar-refractivity contribution is -0.131. The van der Waals surface area contributed by atoms with E-state index in [0.29, 0.717) is 25.9 Å². The first kappa shape index (κ1) is 18.2. The van der Waals surface area contributed by atoms with Crippen LogP contribution in [-0.4, -0.2) is 35.8 Å². The van der Waals surface area contributed by atoms with Crippen LogP contribution >= 0.6 is 0 Å². The Balaban J connectivity index is 1.62. The molecule has 3 rings (SSSR count). The predicted molar refractivity (Wildman–Crippen MR) is 104 cm³/mol. The third-order valence-corrected chi connectivity index (χ3v) is 4.99. The smallest absolute Gasteiger partial charge is 0.226 e. The maximum Gasteiger partial charge on any atom is 0.226 e. The molecular formula is C22H26N2O2. The molecule has 0 bridgehead atoms. The Bertz CT molecular complexity index is 722. The monoisotopic (exact) mass is 350 g/mol. The zero-order chi connectivity index (χ0) is 18.4. The van der Waals surface area contributed by atoms with Crippen LogP contribution in [-0.2, 0) is 16.0 Å². The first-order valence-corrected chi connectivity index (χ1v) is 9.38. The molecule has 0 aliphatic carbocycles. The molecule has 136 valence electrons. The van der Waals surface area contributed by atoms with Crippen molar-refractivity contribution in [2.45, 2.75) is 38.6 Å². The van der Waals surface area contributed by atoms with Gasteiger partial charge in [-0.2, -0.15) is 0 Å². The van der Waals surface area contributed by atoms with E-state index in [0.717, 1.165) is 24.1 Å². The molecule has 2 amide bonds. The molecule has 0 N–H and O–H groups in total. The maximum atomic E-state index is 12.5. The number of hydrogen-bond acceptors (Lipinski definition) is 2. The third-order valence-electron chi connectivity index (χ3n) is 4.99. The van der Waals surface area contributed by atoms with Gasteiger partial charge in [0.05, 0.1) is 6.42 Å². The standard InChI is InChI=1S/C22H26N2O2/c1-2-21(25)24(19-11-7-4-8-12-19)20-13-15-23(16-14-20)22(26)17-18-9-5-3-6-10-18/h3-12,20H,2,13-17H2,1H3. The van der Waals surface area contributed by atoms with E-state index < -0.39 is 0 Å². The third kappa shape index (κ3) is 4.31. The van der Waals surface area contributed by atoms with Crippen LogP contribution in [0.3, 0.4) is 0 Å². The van der Waals surface area contributed by atoms with Crippen LogP contribution in [0.1, 0.15) is 31.7 Å². The average molecular weight is 350 g/mol. The van der Waals surface area contributed by atoms with Crippen molar-refractivity contribution >= 4 is 17.5 Å². The Morgan fingerprint density at radius 3 is 2.12 bits per heavy atom. The van der Waals surface area contributed by atoms with Crippen LogP contribution < -0.4 is 4.90 Å². The molecule has 1 aliphatic rings. The van der Waals surface area contributed by atoms with Gasteiger partial charge in [-0.15, -0.1) is 0 Å². The van der Waals surface area contributed by atoms with E-state index in [9.17, 15) is 9.59 Å². The molecule has 0 unspecified atom stereocenters. The van der Waals surface area contributed by atoms with Gasteiger partial charge >= 0.3 is 0 Å². The van der Waals surface area contributed by atoms with E-state index in [2.05, 4.69) is 0 Å². The summed E-state index contributed by atoms with van der Waals surface area (Å²) in [5.41, 5.74) is 2.00. The highest BCUT2D eigenvalue weighted by Crippen LogP contribution is 2.25. The number of rotatable bonds is 5. The van der Waals surface area contributed by atoms with Crippen LogP contribution in [0.2, 0.25) is 0 Å². The molecule has 1 saturated heterocycles. The zero-order valence-electron chi connectivity index (χ0n) is 15.3. The van der Waals surface area contributed by atoms with Crippen LogP contribution in [0.5, 0.6) is 0 Å². The van der Waals surface area contributed by atoms with Gasteiger partial charge in [-0.25, -0.2) is 0 Å². The first-order chi connectivity index (χ1) is 12.7. The van der Waals surface area contributed by atoms with Crippen molar-refractivity contribution in [1.82, 2.24) is 4.90 Å². The molecule has 0 radical (unpaired) electrons. The Morgan fingerprint density at radius 1 is 0.962 bits per heavy atom. The van der Waals surface area contributed by atoms with Crippen molar-refractivity contribution in [3.63, 3.8) is 0 Å². The summed E-state index contributed by atoms with van der Waals surface area (Å²) in [6, 6.07) is 19.9. The topological polar surface area (TPSA) is 40.6 Å². The summed E-state index contributed by atoms with van der Waals surface area (Å²) in [6.07, 6.45) is 2.58. The molecular weight excluding hydrogens is 324 g/mol. The summed E-state index contributed by atoms with van der Waals surface area (Å²) < 4.78 is 0. The number of carbonyl (C=O) groups excluding carboxylic acids is 2. The van der Waals surface area contributed by atoms with Crippen molar-refractivity contribution in [3.05, 3.63) is 66.2 Å². The van der Waals surface area contributed by atoms with Crippen LogP contribution in [0.25, 0.3) is 0 Å². The lowest BCUT2D eigenvalue weighted by atomic mass is 10.0. The van der Waals surface area contributed by atoms with E-state index in [1.165, 1.54) is 0 Å². The fourth-order valence-electron chi connectivity index (χ4n) is 3.57. The number of piperidine rings is 1. The van der Waals surface area contributed by atoms with Crippen molar-refractivity contribution in [2.24, 2.45) is 0 Å². The number of amides is 2. The van der Waals surface area contributed by atoms with Gasteiger partial charge in [0.15, 0.2) is 0 Å². The van der Waals surface area contributed by atoms with Crippen LogP contribution in [0.4, 0.5) is 5.69 Å². The van der Waals surface area contributed by atoms with E-state index in [1.807, 2.05) is 77.4 Å². The van der Waals surface area contributed by atoms with Gasteiger partial charge in [0.1, 0.15) is 0 Å². The molecule has 0 saturated carbocycles. The number of hydrogen-bond donors (Lipinski definition) is 0. The quantitative estimate of drug-likeness (QED) is 0.826. The number of anilines is 1. The fourth-order valence-corrected chi connectivity index (χ4v) is 3.57. The molecule has 2 aromatic carbocycles. The van der Waals surface area contributed by atoms with Gasteiger partial charge in [0, 0.05) is 31.2 Å². The molecule has 4 nitrogen and oxygen atoms in total. The Labute approximate surface area is 155 Å². The SMILES string of the molecule is CCC(=O)N(c1ccccc1)C1CCN(C(=O)Cc2ccccc2)CC1. The highest BCUT2D eigenvalue weighted by molar-refractivity contribution is 5.93. The van der Waals surface area contributed by atoms with E-state index in [1.54, 1.807) is 0 Å². The van der Waals surface area contributed by atoms with Gasteiger partial charge in [0.2, 0.25) is 11.8 Å². The zero-order valence-corrected chi connectivity index (χ0v) is 15.3. The van der Waals surface area contributed by atoms with E-state index in [-0.39, 0.29) is 17.9 Å². The number of likely N-dealkylation sites (tertiary alicyclic amines) is 1. The second-order valence-corrected chi connectivity index (χ2v) is 6.73. The Hall–Kier alpha value is -2.62. The van der Waals surface area contributed by atoms with Crippen LogP contribution in [0, 0.1) is 0 Å². The second-order valence-electron chi connectivity index (χ2n) is 6.73. The van der Waals surface area contributed by atoms with Gasteiger partial charge in [-0.05, 0) is 30.5 Å². The molecule has 1 heterocycles.